The summed E-state index contributed by atoms with van der Waals surface area (Å²) in [6.45, 7) is 0. The third-order valence-electron chi connectivity index (χ3n) is 11.5. The SMILES string of the molecule is c1ccc2c(c1)oc1c2ccc2c3cc(-c4ccc(-c5ccc6cc(-c7ccc8c9ccccc9c9ccccc9c8c7)ccc6c5)cc4)ccc3oc21. The van der Waals surface area contributed by atoms with Gasteiger partial charge in [-0.1, -0.05) is 133 Å². The summed E-state index contributed by atoms with van der Waals surface area (Å²) < 4.78 is 12.6. The Bertz CT molecular complexity index is 3450. The summed E-state index contributed by atoms with van der Waals surface area (Å²) in [7, 11) is 0. The first-order valence-electron chi connectivity index (χ1n) is 18.5. The lowest BCUT2D eigenvalue weighted by molar-refractivity contribution is 0.633. The number of rotatable bonds is 3. The molecule has 250 valence electrons. The molecule has 0 amide bonds. The Hall–Kier alpha value is -7.16. The van der Waals surface area contributed by atoms with Gasteiger partial charge in [-0.25, -0.2) is 0 Å². The zero-order chi connectivity index (χ0) is 35.3. The number of furan rings is 2. The molecule has 10 aromatic carbocycles. The molecule has 0 atom stereocenters. The van der Waals surface area contributed by atoms with Crippen molar-refractivity contribution in [2.24, 2.45) is 0 Å². The van der Waals surface area contributed by atoms with E-state index in [1.54, 1.807) is 0 Å². The van der Waals surface area contributed by atoms with Gasteiger partial charge < -0.3 is 8.83 Å². The van der Waals surface area contributed by atoms with Crippen LogP contribution in [0, 0.1) is 0 Å². The van der Waals surface area contributed by atoms with Crippen molar-refractivity contribution < 1.29 is 8.83 Å². The quantitative estimate of drug-likeness (QED) is 0.173. The second-order valence-electron chi connectivity index (χ2n) is 14.4. The van der Waals surface area contributed by atoms with Gasteiger partial charge >= 0.3 is 0 Å². The Morgan fingerprint density at radius 1 is 0.222 bits per heavy atom. The van der Waals surface area contributed by atoms with Gasteiger partial charge in [0.05, 0.1) is 0 Å². The molecule has 0 aliphatic carbocycles. The Morgan fingerprint density at radius 3 is 1.22 bits per heavy atom. The number of fused-ring (bicyclic) bond motifs is 14. The zero-order valence-electron chi connectivity index (χ0n) is 29.1. The largest absolute Gasteiger partial charge is 0.452 e. The summed E-state index contributed by atoms with van der Waals surface area (Å²) in [5.41, 5.74) is 10.5. The van der Waals surface area contributed by atoms with Crippen LogP contribution in [0.4, 0.5) is 0 Å². The van der Waals surface area contributed by atoms with Gasteiger partial charge in [0.25, 0.3) is 0 Å². The molecule has 0 fully saturated rings. The van der Waals surface area contributed by atoms with Crippen LogP contribution in [0.5, 0.6) is 0 Å². The number of hydrogen-bond acceptors (Lipinski definition) is 2. The second kappa shape index (κ2) is 11.2. The van der Waals surface area contributed by atoms with Gasteiger partial charge in [0.15, 0.2) is 11.2 Å². The summed E-state index contributed by atoms with van der Waals surface area (Å²) in [6.07, 6.45) is 0. The van der Waals surface area contributed by atoms with Crippen LogP contribution < -0.4 is 0 Å². The van der Waals surface area contributed by atoms with E-state index in [9.17, 15) is 0 Å². The van der Waals surface area contributed by atoms with Gasteiger partial charge in [-0.15, -0.1) is 0 Å². The molecule has 0 N–H and O–H groups in total. The average Bonchev–Trinajstić information content (AvgIpc) is 3.82. The van der Waals surface area contributed by atoms with Crippen molar-refractivity contribution in [1.82, 2.24) is 0 Å². The molecule has 0 bridgehead atoms. The van der Waals surface area contributed by atoms with Gasteiger partial charge in [0.2, 0.25) is 0 Å². The molecular weight excluding hydrogens is 657 g/mol. The molecule has 0 aliphatic rings. The molecule has 2 heteroatoms. The molecule has 2 heterocycles. The summed E-state index contributed by atoms with van der Waals surface area (Å²) in [5, 5.41) is 14.6. The van der Waals surface area contributed by atoms with E-state index in [1.165, 1.54) is 70.9 Å². The predicted octanol–water partition coefficient (Wildman–Crippen LogP) is 15.1. The summed E-state index contributed by atoms with van der Waals surface area (Å²) in [5.74, 6) is 0. The molecule has 0 saturated heterocycles. The first-order valence-corrected chi connectivity index (χ1v) is 18.5. The van der Waals surface area contributed by atoms with Crippen LogP contribution in [0.1, 0.15) is 0 Å². The molecule has 0 unspecified atom stereocenters. The van der Waals surface area contributed by atoms with Gasteiger partial charge in [0.1, 0.15) is 11.2 Å². The smallest absolute Gasteiger partial charge is 0.178 e. The molecule has 12 aromatic rings. The molecule has 0 spiro atoms. The highest BCUT2D eigenvalue weighted by Gasteiger charge is 2.16. The van der Waals surface area contributed by atoms with Gasteiger partial charge in [-0.2, -0.15) is 0 Å². The fourth-order valence-corrected chi connectivity index (χ4v) is 8.74. The molecule has 54 heavy (non-hydrogen) atoms. The first kappa shape index (κ1) is 29.4. The average molecular weight is 687 g/mol. The lowest BCUT2D eigenvalue weighted by Gasteiger charge is -2.12. The van der Waals surface area contributed by atoms with Crippen molar-refractivity contribution in [1.29, 1.82) is 0 Å². The standard InChI is InChI=1S/C52H30O2/c1-2-9-41-39(7-1)40-8-3-4-10-42(40)47-29-38(21-23-43(41)47)36-20-19-34-27-33(17-18-35(34)28-36)31-13-15-32(16-14-31)37-22-26-50-48(30-37)46-25-24-45-44-11-5-6-12-49(44)53-51(45)52(46)54-50/h1-30H. The van der Waals surface area contributed by atoms with Crippen molar-refractivity contribution in [3.8, 4) is 33.4 Å². The second-order valence-corrected chi connectivity index (χ2v) is 14.4. The number of benzene rings is 10. The van der Waals surface area contributed by atoms with E-state index >= 15 is 0 Å². The van der Waals surface area contributed by atoms with Crippen LogP contribution >= 0.6 is 0 Å². The highest BCUT2D eigenvalue weighted by molar-refractivity contribution is 6.26. The third kappa shape index (κ3) is 4.34. The minimum Gasteiger partial charge on any atom is -0.452 e. The van der Waals surface area contributed by atoms with E-state index in [-0.39, 0.29) is 0 Å². The van der Waals surface area contributed by atoms with Crippen molar-refractivity contribution >= 4 is 87.0 Å². The fourth-order valence-electron chi connectivity index (χ4n) is 8.74. The van der Waals surface area contributed by atoms with E-state index in [2.05, 4.69) is 164 Å². The van der Waals surface area contributed by atoms with E-state index in [4.69, 9.17) is 8.83 Å². The fraction of sp³-hybridized carbons (Fsp3) is 0. The van der Waals surface area contributed by atoms with Crippen LogP contribution in [0.25, 0.3) is 120 Å². The maximum Gasteiger partial charge on any atom is 0.178 e. The Balaban J connectivity index is 0.870. The molecule has 2 nitrogen and oxygen atoms in total. The molecule has 12 rings (SSSR count). The summed E-state index contributed by atoms with van der Waals surface area (Å²) in [4.78, 5) is 0. The number of para-hydroxylation sites is 1. The van der Waals surface area contributed by atoms with Crippen molar-refractivity contribution in [2.45, 2.75) is 0 Å². The highest BCUT2D eigenvalue weighted by atomic mass is 16.4. The Morgan fingerprint density at radius 2 is 0.593 bits per heavy atom. The van der Waals surface area contributed by atoms with Gasteiger partial charge in [-0.05, 0) is 125 Å². The van der Waals surface area contributed by atoms with Crippen LogP contribution in [0.3, 0.4) is 0 Å². The van der Waals surface area contributed by atoms with Crippen molar-refractivity contribution in [3.05, 3.63) is 182 Å². The summed E-state index contributed by atoms with van der Waals surface area (Å²) >= 11 is 0. The van der Waals surface area contributed by atoms with Crippen molar-refractivity contribution in [2.75, 3.05) is 0 Å². The van der Waals surface area contributed by atoms with E-state index in [1.807, 2.05) is 18.2 Å². The van der Waals surface area contributed by atoms with Gasteiger partial charge in [-0.3, -0.25) is 0 Å². The van der Waals surface area contributed by atoms with Crippen molar-refractivity contribution in [3.63, 3.8) is 0 Å². The van der Waals surface area contributed by atoms with Crippen LogP contribution in [-0.4, -0.2) is 0 Å². The molecule has 0 saturated carbocycles. The molecule has 0 aliphatic heterocycles. The minimum absolute atomic E-state index is 0.800. The lowest BCUT2D eigenvalue weighted by Crippen LogP contribution is -1.85. The topological polar surface area (TPSA) is 26.3 Å². The predicted molar refractivity (Wildman–Crippen MR) is 227 cm³/mol. The molecular formula is C52H30O2. The van der Waals surface area contributed by atoms with E-state index in [0.717, 1.165) is 49.4 Å². The third-order valence-corrected chi connectivity index (χ3v) is 11.5. The minimum atomic E-state index is 0.800. The first-order chi connectivity index (χ1) is 26.7. The maximum atomic E-state index is 6.38. The number of hydrogen-bond donors (Lipinski definition) is 0. The Labute approximate surface area is 310 Å². The van der Waals surface area contributed by atoms with E-state index < -0.39 is 0 Å². The van der Waals surface area contributed by atoms with Crippen LogP contribution in [-0.2, 0) is 0 Å². The highest BCUT2D eigenvalue weighted by Crippen LogP contribution is 2.41. The maximum absolute atomic E-state index is 6.38. The lowest BCUT2D eigenvalue weighted by atomic mass is 9.91. The molecule has 0 radical (unpaired) electrons. The normalized spacial score (nSPS) is 12.1. The molecule has 2 aromatic heterocycles. The van der Waals surface area contributed by atoms with E-state index in [0.29, 0.717) is 0 Å². The monoisotopic (exact) mass is 686 g/mol. The zero-order valence-corrected chi connectivity index (χ0v) is 29.1. The Kier molecular flexibility index (Phi) is 6.09. The summed E-state index contributed by atoms with van der Waals surface area (Å²) in [6, 6.07) is 65.9. The van der Waals surface area contributed by atoms with Crippen LogP contribution in [0.2, 0.25) is 0 Å². The van der Waals surface area contributed by atoms with Crippen LogP contribution in [0.15, 0.2) is 191 Å². The van der Waals surface area contributed by atoms with Gasteiger partial charge in [0, 0.05) is 21.5 Å².